The van der Waals surface area contributed by atoms with Gasteiger partial charge in [-0.25, -0.2) is 4.39 Å². The maximum atomic E-state index is 12.7. The molecule has 1 rings (SSSR count). The molecule has 2 nitrogen and oxygen atoms in total. The summed E-state index contributed by atoms with van der Waals surface area (Å²) in [5.41, 5.74) is 1.10. The number of hydrogen-bond acceptors (Lipinski definition) is 1. The zero-order valence-corrected chi connectivity index (χ0v) is 9.02. The van der Waals surface area contributed by atoms with Crippen molar-refractivity contribution in [2.45, 2.75) is 20.8 Å². The number of nitrogens with one attached hydrogen (secondary N) is 1. The Morgan fingerprint density at radius 2 is 1.86 bits per heavy atom. The molecule has 0 spiro atoms. The summed E-state index contributed by atoms with van der Waals surface area (Å²) < 4.78 is 12.7. The number of rotatable bonds is 1. The average molecular weight is 197 g/mol. The zero-order chi connectivity index (χ0) is 11.1. The number of benzene rings is 1. The standard InChI is InChI=1S/C9H10FNO.C2H6/c1-6-3-7(9(12)11-2)5-8(10)4-6;1-2/h3-5H,1-2H3,(H,11,12);1-2H3. The van der Waals surface area contributed by atoms with Crippen molar-refractivity contribution < 1.29 is 9.18 Å². The fourth-order valence-corrected chi connectivity index (χ4v) is 1.01. The van der Waals surface area contributed by atoms with Crippen molar-refractivity contribution in [1.29, 1.82) is 0 Å². The third-order valence-corrected chi connectivity index (χ3v) is 1.53. The highest BCUT2D eigenvalue weighted by Crippen LogP contribution is 2.07. The van der Waals surface area contributed by atoms with Crippen molar-refractivity contribution in [3.8, 4) is 0 Å². The molecular weight excluding hydrogens is 181 g/mol. The van der Waals surface area contributed by atoms with Gasteiger partial charge in [0.15, 0.2) is 0 Å². The van der Waals surface area contributed by atoms with Crippen LogP contribution in [0.15, 0.2) is 18.2 Å². The van der Waals surface area contributed by atoms with Gasteiger partial charge in [0.1, 0.15) is 5.82 Å². The van der Waals surface area contributed by atoms with E-state index in [-0.39, 0.29) is 11.7 Å². The predicted octanol–water partition coefficient (Wildman–Crippen LogP) is 2.52. The lowest BCUT2D eigenvalue weighted by Crippen LogP contribution is -2.17. The van der Waals surface area contributed by atoms with Gasteiger partial charge in [-0.1, -0.05) is 13.8 Å². The van der Waals surface area contributed by atoms with E-state index in [9.17, 15) is 9.18 Å². The second-order valence-corrected chi connectivity index (χ2v) is 2.60. The van der Waals surface area contributed by atoms with E-state index in [2.05, 4.69) is 5.32 Å². The van der Waals surface area contributed by atoms with Crippen molar-refractivity contribution in [3.05, 3.63) is 35.1 Å². The van der Waals surface area contributed by atoms with Crippen LogP contribution in [0.4, 0.5) is 4.39 Å². The molecule has 0 fully saturated rings. The van der Waals surface area contributed by atoms with E-state index in [1.165, 1.54) is 19.2 Å². The van der Waals surface area contributed by atoms with Crippen molar-refractivity contribution in [2.24, 2.45) is 0 Å². The lowest BCUT2D eigenvalue weighted by molar-refractivity contribution is 0.0962. The molecule has 78 valence electrons. The lowest BCUT2D eigenvalue weighted by Gasteiger charge is -2.00. The minimum atomic E-state index is -0.381. The molecule has 1 amide bonds. The summed E-state index contributed by atoms with van der Waals surface area (Å²) in [5, 5.41) is 2.43. The highest BCUT2D eigenvalue weighted by molar-refractivity contribution is 5.94. The topological polar surface area (TPSA) is 29.1 Å². The molecule has 0 aliphatic heterocycles. The van der Waals surface area contributed by atoms with Gasteiger partial charge in [-0.2, -0.15) is 0 Å². The molecule has 0 aromatic heterocycles. The molecule has 0 atom stereocenters. The predicted molar refractivity (Wildman–Crippen MR) is 55.9 cm³/mol. The Balaban J connectivity index is 0.000000791. The molecule has 0 saturated carbocycles. The van der Waals surface area contributed by atoms with E-state index in [1.807, 2.05) is 13.8 Å². The van der Waals surface area contributed by atoms with E-state index in [0.29, 0.717) is 5.56 Å². The Bertz CT molecular complexity index is 290. The average Bonchev–Trinajstić information content (AvgIpc) is 2.18. The normalized spacial score (nSPS) is 8.64. The molecular formula is C11H16FNO. The van der Waals surface area contributed by atoms with Crippen molar-refractivity contribution in [3.63, 3.8) is 0 Å². The minimum Gasteiger partial charge on any atom is -0.355 e. The van der Waals surface area contributed by atoms with Gasteiger partial charge in [0.05, 0.1) is 0 Å². The Labute approximate surface area is 84.1 Å². The van der Waals surface area contributed by atoms with Crippen molar-refractivity contribution in [1.82, 2.24) is 5.32 Å². The molecule has 0 bridgehead atoms. The number of hydrogen-bond donors (Lipinski definition) is 1. The van der Waals surface area contributed by atoms with Crippen LogP contribution < -0.4 is 5.32 Å². The van der Waals surface area contributed by atoms with Gasteiger partial charge in [0, 0.05) is 12.6 Å². The summed E-state index contributed by atoms with van der Waals surface area (Å²) in [6.45, 7) is 5.75. The molecule has 0 heterocycles. The molecule has 0 aliphatic carbocycles. The highest BCUT2D eigenvalue weighted by Gasteiger charge is 2.04. The number of aryl methyl sites for hydroxylation is 1. The van der Waals surface area contributed by atoms with Crippen LogP contribution >= 0.6 is 0 Å². The number of carbonyl (C=O) groups excluding carboxylic acids is 1. The summed E-state index contributed by atoms with van der Waals surface area (Å²) >= 11 is 0. The second kappa shape index (κ2) is 6.13. The van der Waals surface area contributed by atoms with Crippen LogP contribution in [0.1, 0.15) is 29.8 Å². The molecule has 0 unspecified atom stereocenters. The lowest BCUT2D eigenvalue weighted by atomic mass is 10.1. The summed E-state index contributed by atoms with van der Waals surface area (Å²) in [6, 6.07) is 4.24. The van der Waals surface area contributed by atoms with Crippen LogP contribution in [0, 0.1) is 12.7 Å². The quantitative estimate of drug-likeness (QED) is 0.736. The van der Waals surface area contributed by atoms with Gasteiger partial charge in [-0.15, -0.1) is 0 Å². The Kier molecular flexibility index (Phi) is 5.53. The first-order chi connectivity index (χ1) is 6.63. The van der Waals surface area contributed by atoms with Gasteiger partial charge in [0.25, 0.3) is 5.91 Å². The van der Waals surface area contributed by atoms with E-state index in [1.54, 1.807) is 13.0 Å². The Morgan fingerprint density at radius 3 is 2.29 bits per heavy atom. The number of halogens is 1. The van der Waals surface area contributed by atoms with Crippen LogP contribution in [0.3, 0.4) is 0 Å². The van der Waals surface area contributed by atoms with E-state index in [4.69, 9.17) is 0 Å². The van der Waals surface area contributed by atoms with Crippen molar-refractivity contribution in [2.75, 3.05) is 7.05 Å². The van der Waals surface area contributed by atoms with Crippen LogP contribution in [0.25, 0.3) is 0 Å². The summed E-state index contributed by atoms with van der Waals surface area (Å²) in [6.07, 6.45) is 0. The zero-order valence-electron chi connectivity index (χ0n) is 9.02. The summed E-state index contributed by atoms with van der Waals surface area (Å²) in [4.78, 5) is 11.0. The maximum absolute atomic E-state index is 12.7. The number of carbonyl (C=O) groups is 1. The molecule has 1 N–H and O–H groups in total. The smallest absolute Gasteiger partial charge is 0.251 e. The van der Waals surface area contributed by atoms with Gasteiger partial charge >= 0.3 is 0 Å². The monoisotopic (exact) mass is 197 g/mol. The fourth-order valence-electron chi connectivity index (χ4n) is 1.01. The van der Waals surface area contributed by atoms with E-state index in [0.717, 1.165) is 5.56 Å². The Hall–Kier alpha value is -1.38. The molecule has 0 saturated heterocycles. The fraction of sp³-hybridized carbons (Fsp3) is 0.364. The molecule has 0 radical (unpaired) electrons. The van der Waals surface area contributed by atoms with E-state index >= 15 is 0 Å². The van der Waals surface area contributed by atoms with Crippen LogP contribution in [0.2, 0.25) is 0 Å². The largest absolute Gasteiger partial charge is 0.355 e. The van der Waals surface area contributed by atoms with E-state index < -0.39 is 0 Å². The molecule has 3 heteroatoms. The maximum Gasteiger partial charge on any atom is 0.251 e. The number of amides is 1. The molecule has 1 aromatic carbocycles. The van der Waals surface area contributed by atoms with Gasteiger partial charge in [-0.3, -0.25) is 4.79 Å². The Morgan fingerprint density at radius 1 is 1.29 bits per heavy atom. The minimum absolute atomic E-state index is 0.266. The van der Waals surface area contributed by atoms with Gasteiger partial charge in [0.2, 0.25) is 0 Å². The van der Waals surface area contributed by atoms with Crippen molar-refractivity contribution >= 4 is 5.91 Å². The molecule has 14 heavy (non-hydrogen) atoms. The first-order valence-corrected chi connectivity index (χ1v) is 4.63. The third-order valence-electron chi connectivity index (χ3n) is 1.53. The summed E-state index contributed by atoms with van der Waals surface area (Å²) in [7, 11) is 1.52. The van der Waals surface area contributed by atoms with Gasteiger partial charge in [-0.05, 0) is 30.7 Å². The van der Waals surface area contributed by atoms with Gasteiger partial charge < -0.3 is 5.32 Å². The first-order valence-electron chi connectivity index (χ1n) is 4.63. The molecule has 1 aromatic rings. The second-order valence-electron chi connectivity index (χ2n) is 2.60. The van der Waals surface area contributed by atoms with Crippen LogP contribution in [-0.4, -0.2) is 13.0 Å². The summed E-state index contributed by atoms with van der Waals surface area (Å²) in [5.74, 6) is -0.647. The van der Waals surface area contributed by atoms with Crippen LogP contribution in [-0.2, 0) is 0 Å². The third kappa shape index (κ3) is 3.56. The SMILES string of the molecule is CC.CNC(=O)c1cc(C)cc(F)c1. The molecule has 0 aliphatic rings. The highest BCUT2D eigenvalue weighted by atomic mass is 19.1. The first kappa shape index (κ1) is 12.6. The van der Waals surface area contributed by atoms with Crippen LogP contribution in [0.5, 0.6) is 0 Å².